The molecule has 0 aliphatic heterocycles. The number of aromatic nitrogens is 2. The molecule has 2 rings (SSSR count). The summed E-state index contributed by atoms with van der Waals surface area (Å²) in [6.45, 7) is 6.77. The number of carbonyl (C=O) groups is 1. The van der Waals surface area contributed by atoms with Crippen molar-refractivity contribution in [3.8, 4) is 0 Å². The van der Waals surface area contributed by atoms with Gasteiger partial charge in [0.05, 0.1) is 16.7 Å². The van der Waals surface area contributed by atoms with Gasteiger partial charge >= 0.3 is 5.69 Å². The molecule has 1 amide bonds. The molecule has 0 fully saturated rings. The molecular formula is C14H19BrN4O2. The van der Waals surface area contributed by atoms with Gasteiger partial charge in [-0.25, -0.2) is 4.79 Å². The standard InChI is InChI=1S/C14H19BrN4O2/c1-14(2,3)16-5-4-12(20)17-9-7-11-10(6-8(9)15)18-13(21)19-11/h6-7,16H,4-5H2,1-3H3,(H,17,20)(H2,18,19,21). The van der Waals surface area contributed by atoms with Crippen LogP contribution in [0.3, 0.4) is 0 Å². The van der Waals surface area contributed by atoms with Crippen LogP contribution in [0.25, 0.3) is 11.0 Å². The summed E-state index contributed by atoms with van der Waals surface area (Å²) < 4.78 is 0.724. The van der Waals surface area contributed by atoms with Crippen LogP contribution < -0.4 is 16.3 Å². The number of benzene rings is 1. The van der Waals surface area contributed by atoms with E-state index in [1.54, 1.807) is 12.1 Å². The number of hydrogen-bond donors (Lipinski definition) is 4. The van der Waals surface area contributed by atoms with Crippen molar-refractivity contribution >= 4 is 38.6 Å². The number of carbonyl (C=O) groups excluding carboxylic acids is 1. The number of aromatic amines is 2. The van der Waals surface area contributed by atoms with Gasteiger partial charge in [-0.15, -0.1) is 0 Å². The molecule has 2 aromatic rings. The number of halogens is 1. The second-order valence-corrected chi connectivity index (χ2v) is 6.79. The minimum absolute atomic E-state index is 0.00954. The number of rotatable bonds is 4. The molecule has 0 spiro atoms. The van der Waals surface area contributed by atoms with E-state index in [2.05, 4.69) is 57.3 Å². The van der Waals surface area contributed by atoms with Gasteiger partial charge in [0.25, 0.3) is 0 Å². The van der Waals surface area contributed by atoms with Gasteiger partial charge in [-0.2, -0.15) is 0 Å². The number of H-pyrrole nitrogens is 2. The van der Waals surface area contributed by atoms with E-state index in [9.17, 15) is 9.59 Å². The van der Waals surface area contributed by atoms with Gasteiger partial charge in [0.1, 0.15) is 0 Å². The lowest BCUT2D eigenvalue weighted by Crippen LogP contribution is -2.37. The third-order valence-electron chi connectivity index (χ3n) is 2.89. The highest BCUT2D eigenvalue weighted by molar-refractivity contribution is 9.10. The molecule has 1 aromatic carbocycles. The third kappa shape index (κ3) is 4.44. The Morgan fingerprint density at radius 2 is 1.86 bits per heavy atom. The van der Waals surface area contributed by atoms with Gasteiger partial charge in [-0.1, -0.05) is 0 Å². The van der Waals surface area contributed by atoms with Crippen LogP contribution in [0.2, 0.25) is 0 Å². The molecule has 0 unspecified atom stereocenters. The molecule has 6 nitrogen and oxygen atoms in total. The van der Waals surface area contributed by atoms with Crippen molar-refractivity contribution in [1.29, 1.82) is 0 Å². The van der Waals surface area contributed by atoms with Gasteiger partial charge in [0.15, 0.2) is 0 Å². The van der Waals surface area contributed by atoms with E-state index >= 15 is 0 Å². The topological polar surface area (TPSA) is 89.8 Å². The molecule has 7 heteroatoms. The monoisotopic (exact) mass is 354 g/mol. The average Bonchev–Trinajstić information content (AvgIpc) is 2.67. The molecule has 21 heavy (non-hydrogen) atoms. The molecule has 0 radical (unpaired) electrons. The SMILES string of the molecule is CC(C)(C)NCCC(=O)Nc1cc2[nH]c(=O)[nH]c2cc1Br. The van der Waals surface area contributed by atoms with E-state index in [0.29, 0.717) is 29.7 Å². The first-order valence-corrected chi connectivity index (χ1v) is 7.50. The minimum atomic E-state index is -0.269. The summed E-state index contributed by atoms with van der Waals surface area (Å²) in [5.41, 5.74) is 1.71. The van der Waals surface area contributed by atoms with E-state index in [1.807, 2.05) is 0 Å². The fraction of sp³-hybridized carbons (Fsp3) is 0.429. The lowest BCUT2D eigenvalue weighted by molar-refractivity contribution is -0.116. The fourth-order valence-electron chi connectivity index (χ4n) is 1.92. The molecule has 4 N–H and O–H groups in total. The van der Waals surface area contributed by atoms with Crippen LogP contribution in [0, 0.1) is 0 Å². The zero-order valence-corrected chi connectivity index (χ0v) is 13.8. The summed E-state index contributed by atoms with van der Waals surface area (Å²) in [6.07, 6.45) is 0.380. The smallest absolute Gasteiger partial charge is 0.323 e. The molecule has 0 atom stereocenters. The predicted molar refractivity (Wildman–Crippen MR) is 87.6 cm³/mol. The van der Waals surface area contributed by atoms with Crippen LogP contribution in [0.15, 0.2) is 21.4 Å². The second-order valence-electron chi connectivity index (χ2n) is 5.93. The predicted octanol–water partition coefficient (Wildman–Crippen LogP) is 2.34. The van der Waals surface area contributed by atoms with Crippen LogP contribution >= 0.6 is 15.9 Å². The highest BCUT2D eigenvalue weighted by atomic mass is 79.9. The molecule has 0 saturated heterocycles. The van der Waals surface area contributed by atoms with Crippen molar-refractivity contribution in [2.45, 2.75) is 32.7 Å². The van der Waals surface area contributed by atoms with Crippen molar-refractivity contribution in [1.82, 2.24) is 15.3 Å². The lowest BCUT2D eigenvalue weighted by atomic mass is 10.1. The summed E-state index contributed by atoms with van der Waals surface area (Å²) in [5.74, 6) is -0.0790. The van der Waals surface area contributed by atoms with Gasteiger partial charge in [0, 0.05) is 23.0 Å². The van der Waals surface area contributed by atoms with Gasteiger partial charge in [0.2, 0.25) is 5.91 Å². The lowest BCUT2D eigenvalue weighted by Gasteiger charge is -2.20. The molecule has 1 aromatic heterocycles. The number of anilines is 1. The number of nitrogens with one attached hydrogen (secondary N) is 4. The molecule has 0 aliphatic rings. The van der Waals surface area contributed by atoms with E-state index in [1.165, 1.54) is 0 Å². The van der Waals surface area contributed by atoms with Crippen molar-refractivity contribution in [2.24, 2.45) is 0 Å². The maximum Gasteiger partial charge on any atom is 0.323 e. The highest BCUT2D eigenvalue weighted by Gasteiger charge is 2.11. The summed E-state index contributed by atoms with van der Waals surface area (Å²) >= 11 is 3.39. The van der Waals surface area contributed by atoms with Gasteiger partial charge < -0.3 is 20.6 Å². The van der Waals surface area contributed by atoms with Crippen LogP contribution in [0.4, 0.5) is 5.69 Å². The first kappa shape index (κ1) is 15.8. The van der Waals surface area contributed by atoms with E-state index in [-0.39, 0.29) is 17.1 Å². The van der Waals surface area contributed by atoms with E-state index in [4.69, 9.17) is 0 Å². The average molecular weight is 355 g/mol. The summed E-state index contributed by atoms with van der Waals surface area (Å²) in [4.78, 5) is 28.5. The Balaban J connectivity index is 2.03. The molecule has 0 saturated carbocycles. The molecule has 0 bridgehead atoms. The maximum absolute atomic E-state index is 11.9. The van der Waals surface area contributed by atoms with E-state index in [0.717, 1.165) is 4.47 Å². The van der Waals surface area contributed by atoms with Crippen LogP contribution in [0.5, 0.6) is 0 Å². The summed E-state index contributed by atoms with van der Waals surface area (Å²) in [7, 11) is 0. The minimum Gasteiger partial charge on any atom is -0.325 e. The first-order chi connectivity index (χ1) is 9.74. The Hall–Kier alpha value is -1.60. The number of fused-ring (bicyclic) bond motifs is 1. The number of imidazole rings is 1. The Morgan fingerprint density at radius 1 is 1.24 bits per heavy atom. The Kier molecular flexibility index (Phi) is 4.53. The zero-order valence-electron chi connectivity index (χ0n) is 12.3. The highest BCUT2D eigenvalue weighted by Crippen LogP contribution is 2.26. The molecule has 0 aliphatic carbocycles. The Labute approximate surface area is 130 Å². The Morgan fingerprint density at radius 3 is 2.48 bits per heavy atom. The Bertz CT molecular complexity index is 712. The van der Waals surface area contributed by atoms with Crippen LogP contribution in [-0.4, -0.2) is 28.0 Å². The van der Waals surface area contributed by atoms with Crippen LogP contribution in [0.1, 0.15) is 27.2 Å². The molecule has 114 valence electrons. The number of amides is 1. The third-order valence-corrected chi connectivity index (χ3v) is 3.54. The largest absolute Gasteiger partial charge is 0.325 e. The molecular weight excluding hydrogens is 336 g/mol. The van der Waals surface area contributed by atoms with Crippen molar-refractivity contribution in [3.63, 3.8) is 0 Å². The fourth-order valence-corrected chi connectivity index (χ4v) is 2.36. The van der Waals surface area contributed by atoms with Crippen LogP contribution in [-0.2, 0) is 4.79 Å². The van der Waals surface area contributed by atoms with Crippen molar-refractivity contribution in [3.05, 3.63) is 27.1 Å². The zero-order chi connectivity index (χ0) is 15.6. The number of hydrogen-bond acceptors (Lipinski definition) is 3. The maximum atomic E-state index is 11.9. The van der Waals surface area contributed by atoms with Gasteiger partial charge in [-0.05, 0) is 48.8 Å². The second kappa shape index (κ2) is 6.03. The van der Waals surface area contributed by atoms with Gasteiger partial charge in [-0.3, -0.25) is 4.79 Å². The molecule has 1 heterocycles. The normalized spacial score (nSPS) is 11.8. The first-order valence-electron chi connectivity index (χ1n) is 6.71. The summed E-state index contributed by atoms with van der Waals surface area (Å²) in [5, 5.41) is 6.10. The van der Waals surface area contributed by atoms with Crippen molar-refractivity contribution < 1.29 is 4.79 Å². The quantitative estimate of drug-likeness (QED) is 0.679. The van der Waals surface area contributed by atoms with E-state index < -0.39 is 0 Å². The van der Waals surface area contributed by atoms with Crippen molar-refractivity contribution in [2.75, 3.05) is 11.9 Å². The summed E-state index contributed by atoms with van der Waals surface area (Å²) in [6, 6.07) is 3.49.